The zero-order valence-electron chi connectivity index (χ0n) is 31.8. The third kappa shape index (κ3) is 5.21. The lowest BCUT2D eigenvalue weighted by Gasteiger charge is -2.16. The molecule has 7 aromatic carbocycles. The Morgan fingerprint density at radius 2 is 1.00 bits per heavy atom. The first-order valence-electron chi connectivity index (χ1n) is 19.8. The maximum absolute atomic E-state index is 6.60. The van der Waals surface area contributed by atoms with Gasteiger partial charge in [0.2, 0.25) is 0 Å². The number of aromatic nitrogens is 4. The highest BCUT2D eigenvalue weighted by Crippen LogP contribution is 2.43. The molecule has 0 unspecified atom stereocenters. The van der Waals surface area contributed by atoms with E-state index >= 15 is 0 Å². The average molecular weight is 761 g/mol. The molecule has 0 radical (unpaired) electrons. The summed E-state index contributed by atoms with van der Waals surface area (Å²) in [6.45, 7) is 2.17. The van der Waals surface area contributed by atoms with Crippen LogP contribution in [0.5, 0.6) is 0 Å². The van der Waals surface area contributed by atoms with Crippen molar-refractivity contribution in [2.75, 3.05) is 0 Å². The van der Waals surface area contributed by atoms with Gasteiger partial charge in [-0.2, -0.15) is 0 Å². The van der Waals surface area contributed by atoms with E-state index in [9.17, 15) is 0 Å². The van der Waals surface area contributed by atoms with Crippen molar-refractivity contribution in [3.8, 4) is 56.5 Å². The van der Waals surface area contributed by atoms with Crippen molar-refractivity contribution in [3.05, 3.63) is 169 Å². The van der Waals surface area contributed by atoms with Gasteiger partial charge in [-0.3, -0.25) is 0 Å². The van der Waals surface area contributed by atoms with Crippen LogP contribution in [0.3, 0.4) is 0 Å². The second-order valence-corrected chi connectivity index (χ2v) is 14.8. The summed E-state index contributed by atoms with van der Waals surface area (Å²) in [5.41, 5.74) is 13.4. The van der Waals surface area contributed by atoms with E-state index in [-0.39, 0.29) is 0 Å². The molecule has 59 heavy (non-hydrogen) atoms. The quantitative estimate of drug-likeness (QED) is 0.167. The van der Waals surface area contributed by atoms with E-state index < -0.39 is 0 Å². The summed E-state index contributed by atoms with van der Waals surface area (Å²) in [5, 5.41) is 4.90. The molecule has 7 heteroatoms. The minimum Gasteiger partial charge on any atom is -0.456 e. The molecule has 5 aromatic heterocycles. The standard InChI is InChI=1S/C52H32N4O3/c1-2-33-45(30-15-5-3-6-16-30)53-51(31-17-7-4-8-18-31)55-47(33)37-22-14-26-43-44(37)39-29-32(27-28-42(39)57-43)46-50-48(36-20-10-12-25-41(36)59-50)56-52(54-46)38-23-13-21-35-34-19-9-11-24-40(34)58-49(35)38/h3-29H,2H2,1H3. The molecule has 0 aliphatic rings. The first-order valence-corrected chi connectivity index (χ1v) is 19.8. The van der Waals surface area contributed by atoms with E-state index in [2.05, 4.69) is 67.6 Å². The summed E-state index contributed by atoms with van der Waals surface area (Å²) in [7, 11) is 0. The number of hydrogen-bond acceptors (Lipinski definition) is 7. The molecule has 0 spiro atoms. The van der Waals surface area contributed by atoms with E-state index in [0.29, 0.717) is 22.9 Å². The van der Waals surface area contributed by atoms with Gasteiger partial charge in [-0.05, 0) is 55.0 Å². The predicted molar refractivity (Wildman–Crippen MR) is 236 cm³/mol. The molecule has 0 saturated heterocycles. The number of rotatable bonds is 6. The Kier molecular flexibility index (Phi) is 7.37. The Balaban J connectivity index is 1.12. The van der Waals surface area contributed by atoms with Gasteiger partial charge in [-0.25, -0.2) is 19.9 Å². The lowest BCUT2D eigenvalue weighted by molar-refractivity contribution is 0.665. The molecule has 0 aliphatic carbocycles. The Morgan fingerprint density at radius 3 is 1.81 bits per heavy atom. The summed E-state index contributed by atoms with van der Waals surface area (Å²) < 4.78 is 19.7. The fraction of sp³-hybridized carbons (Fsp3) is 0.0385. The van der Waals surface area contributed by atoms with Gasteiger partial charge in [0, 0.05) is 54.7 Å². The van der Waals surface area contributed by atoms with Gasteiger partial charge in [0.1, 0.15) is 39.1 Å². The number of benzene rings is 7. The first kappa shape index (κ1) is 33.3. The minimum atomic E-state index is 0.553. The van der Waals surface area contributed by atoms with Crippen LogP contribution in [-0.2, 0) is 6.42 Å². The Bertz CT molecular complexity index is 3600. The summed E-state index contributed by atoms with van der Waals surface area (Å²) in [6, 6.07) is 55.2. The van der Waals surface area contributed by atoms with Crippen LogP contribution in [0.2, 0.25) is 0 Å². The third-order valence-electron chi connectivity index (χ3n) is 11.3. The van der Waals surface area contributed by atoms with Crippen molar-refractivity contribution < 1.29 is 13.3 Å². The van der Waals surface area contributed by atoms with Crippen molar-refractivity contribution in [3.63, 3.8) is 0 Å². The van der Waals surface area contributed by atoms with Crippen molar-refractivity contribution >= 4 is 65.9 Å². The Morgan fingerprint density at radius 1 is 0.390 bits per heavy atom. The van der Waals surface area contributed by atoms with Crippen molar-refractivity contribution in [2.45, 2.75) is 13.3 Å². The molecule has 7 nitrogen and oxygen atoms in total. The summed E-state index contributed by atoms with van der Waals surface area (Å²) in [6.07, 6.45) is 0.734. The molecule has 0 fully saturated rings. The Labute approximate surface area is 337 Å². The van der Waals surface area contributed by atoms with Gasteiger partial charge >= 0.3 is 0 Å². The van der Waals surface area contributed by atoms with E-state index in [4.69, 9.17) is 33.2 Å². The maximum Gasteiger partial charge on any atom is 0.180 e. The number of para-hydroxylation sites is 3. The van der Waals surface area contributed by atoms with E-state index in [0.717, 1.165) is 112 Å². The molecule has 5 heterocycles. The van der Waals surface area contributed by atoms with Crippen molar-refractivity contribution in [1.29, 1.82) is 0 Å². The number of furan rings is 3. The zero-order valence-corrected chi connectivity index (χ0v) is 31.8. The minimum absolute atomic E-state index is 0.553. The molecule has 0 bridgehead atoms. The second kappa shape index (κ2) is 13.1. The molecule has 0 amide bonds. The summed E-state index contributed by atoms with van der Waals surface area (Å²) >= 11 is 0. The third-order valence-corrected chi connectivity index (χ3v) is 11.3. The fourth-order valence-electron chi connectivity index (χ4n) is 8.59. The van der Waals surface area contributed by atoms with Crippen LogP contribution in [-0.4, -0.2) is 19.9 Å². The highest BCUT2D eigenvalue weighted by atomic mass is 16.3. The van der Waals surface area contributed by atoms with Gasteiger partial charge in [0.15, 0.2) is 17.2 Å². The van der Waals surface area contributed by atoms with E-state index in [1.54, 1.807) is 0 Å². The summed E-state index contributed by atoms with van der Waals surface area (Å²) in [5.74, 6) is 1.22. The van der Waals surface area contributed by atoms with Gasteiger partial charge in [0.05, 0.1) is 17.0 Å². The monoisotopic (exact) mass is 760 g/mol. The van der Waals surface area contributed by atoms with Crippen LogP contribution in [0.25, 0.3) is 122 Å². The van der Waals surface area contributed by atoms with Crippen molar-refractivity contribution in [2.24, 2.45) is 0 Å². The maximum atomic E-state index is 6.60. The molecule has 0 aliphatic heterocycles. The molecule has 12 rings (SSSR count). The largest absolute Gasteiger partial charge is 0.456 e. The van der Waals surface area contributed by atoms with Crippen LogP contribution in [0.4, 0.5) is 0 Å². The van der Waals surface area contributed by atoms with Gasteiger partial charge in [-0.15, -0.1) is 0 Å². The lowest BCUT2D eigenvalue weighted by atomic mass is 9.94. The molecule has 12 aromatic rings. The molecule has 0 atom stereocenters. The van der Waals surface area contributed by atoms with Crippen LogP contribution < -0.4 is 0 Å². The first-order chi connectivity index (χ1) is 29.2. The smallest absolute Gasteiger partial charge is 0.180 e. The number of fused-ring (bicyclic) bond motifs is 9. The summed E-state index contributed by atoms with van der Waals surface area (Å²) in [4.78, 5) is 21.0. The van der Waals surface area contributed by atoms with Crippen LogP contribution in [0.15, 0.2) is 177 Å². The molecular formula is C52H32N4O3. The highest BCUT2D eigenvalue weighted by molar-refractivity contribution is 6.15. The van der Waals surface area contributed by atoms with E-state index in [1.165, 1.54) is 0 Å². The van der Waals surface area contributed by atoms with E-state index in [1.807, 2.05) is 103 Å². The molecule has 0 saturated carbocycles. The van der Waals surface area contributed by atoms with Gasteiger partial charge in [-0.1, -0.05) is 122 Å². The van der Waals surface area contributed by atoms with Gasteiger partial charge in [0.25, 0.3) is 0 Å². The van der Waals surface area contributed by atoms with Crippen LogP contribution >= 0.6 is 0 Å². The zero-order chi connectivity index (χ0) is 39.0. The van der Waals surface area contributed by atoms with Gasteiger partial charge < -0.3 is 13.3 Å². The predicted octanol–water partition coefficient (Wildman–Crippen LogP) is 13.9. The lowest BCUT2D eigenvalue weighted by Crippen LogP contribution is -2.03. The topological polar surface area (TPSA) is 91.0 Å². The molecule has 278 valence electrons. The molecular weight excluding hydrogens is 729 g/mol. The normalized spacial score (nSPS) is 11.9. The highest BCUT2D eigenvalue weighted by Gasteiger charge is 2.24. The number of hydrogen-bond donors (Lipinski definition) is 0. The fourth-order valence-corrected chi connectivity index (χ4v) is 8.59. The average Bonchev–Trinajstić information content (AvgIpc) is 4.00. The van der Waals surface area contributed by atoms with Crippen LogP contribution in [0.1, 0.15) is 12.5 Å². The molecule has 0 N–H and O–H groups in total. The van der Waals surface area contributed by atoms with Crippen LogP contribution in [0, 0.1) is 0 Å². The Hall–Kier alpha value is -7.90. The van der Waals surface area contributed by atoms with Crippen molar-refractivity contribution in [1.82, 2.24) is 19.9 Å². The second-order valence-electron chi connectivity index (χ2n) is 14.8. The number of nitrogens with zero attached hydrogens (tertiary/aromatic N) is 4. The SMILES string of the molecule is CCc1c(-c2ccccc2)nc(-c2ccccc2)nc1-c1cccc2oc3ccc(-c4nc(-c5cccc6c5oc5ccccc56)nc5c4oc4ccccc45)cc3c12.